The molecule has 1 amide bonds. The number of methoxy groups -OCH3 is 1. The maximum atomic E-state index is 11.7. The molecule has 0 aromatic heterocycles. The average Bonchev–Trinajstić information content (AvgIpc) is 2.82. The first-order valence-corrected chi connectivity index (χ1v) is 6.42. The fourth-order valence-electron chi connectivity index (χ4n) is 2.01. The highest BCUT2D eigenvalue weighted by molar-refractivity contribution is 5.82. The topological polar surface area (TPSA) is 70.6 Å². The van der Waals surface area contributed by atoms with Crippen molar-refractivity contribution in [2.75, 3.05) is 26.8 Å². The molecule has 0 bridgehead atoms. The van der Waals surface area contributed by atoms with Gasteiger partial charge in [-0.1, -0.05) is 12.8 Å². The normalized spacial score (nSPS) is 23.9. The molecule has 2 atom stereocenters. The summed E-state index contributed by atoms with van der Waals surface area (Å²) in [6.45, 7) is 1.74. The van der Waals surface area contributed by atoms with Gasteiger partial charge in [0.05, 0.1) is 12.1 Å². The van der Waals surface area contributed by atoms with Crippen LogP contribution in [0.3, 0.4) is 0 Å². The van der Waals surface area contributed by atoms with Gasteiger partial charge in [0.25, 0.3) is 0 Å². The molecule has 17 heavy (non-hydrogen) atoms. The minimum atomic E-state index is -0.0996. The lowest BCUT2D eigenvalue weighted by atomic mass is 10.1. The van der Waals surface area contributed by atoms with E-state index in [0.29, 0.717) is 0 Å². The van der Waals surface area contributed by atoms with E-state index in [1.807, 2.05) is 0 Å². The molecule has 100 valence electrons. The smallest absolute Gasteiger partial charge is 0.237 e. The summed E-state index contributed by atoms with van der Waals surface area (Å²) in [5, 5.41) is 14.7. The number of aliphatic hydroxyl groups excluding tert-OH is 1. The van der Waals surface area contributed by atoms with E-state index in [2.05, 4.69) is 10.6 Å². The maximum Gasteiger partial charge on any atom is 0.237 e. The quantitative estimate of drug-likeness (QED) is 0.527. The van der Waals surface area contributed by atoms with Crippen LogP contribution in [0.1, 0.15) is 32.1 Å². The third-order valence-electron chi connectivity index (χ3n) is 3.12. The van der Waals surface area contributed by atoms with E-state index in [9.17, 15) is 4.79 Å². The Labute approximate surface area is 103 Å². The molecule has 0 aliphatic carbocycles. The molecular formula is C12H24N2O3. The monoisotopic (exact) mass is 244 g/mol. The van der Waals surface area contributed by atoms with E-state index in [1.54, 1.807) is 7.11 Å². The van der Waals surface area contributed by atoms with Gasteiger partial charge in [-0.3, -0.25) is 4.79 Å². The van der Waals surface area contributed by atoms with Crippen molar-refractivity contribution in [2.24, 2.45) is 0 Å². The zero-order valence-electron chi connectivity index (χ0n) is 10.6. The third-order valence-corrected chi connectivity index (χ3v) is 3.12. The second-order valence-electron chi connectivity index (χ2n) is 4.48. The highest BCUT2D eigenvalue weighted by Gasteiger charge is 2.28. The zero-order chi connectivity index (χ0) is 12.5. The lowest BCUT2D eigenvalue weighted by molar-refractivity contribution is -0.122. The van der Waals surface area contributed by atoms with Crippen LogP contribution in [0.4, 0.5) is 0 Å². The fourth-order valence-corrected chi connectivity index (χ4v) is 2.01. The molecule has 1 fully saturated rings. The van der Waals surface area contributed by atoms with Gasteiger partial charge in [0.2, 0.25) is 5.91 Å². The highest BCUT2D eigenvalue weighted by atomic mass is 16.5. The number of carbonyl (C=O) groups is 1. The summed E-state index contributed by atoms with van der Waals surface area (Å²) in [5.74, 6) is 0.0757. The molecule has 1 saturated heterocycles. The van der Waals surface area contributed by atoms with Gasteiger partial charge >= 0.3 is 0 Å². The third kappa shape index (κ3) is 5.48. The molecule has 5 heteroatoms. The largest absolute Gasteiger partial charge is 0.396 e. The minimum absolute atomic E-state index is 0.0757. The summed E-state index contributed by atoms with van der Waals surface area (Å²) < 4.78 is 5.20. The molecule has 1 aliphatic rings. The van der Waals surface area contributed by atoms with E-state index in [1.165, 1.54) is 0 Å². The summed E-state index contributed by atoms with van der Waals surface area (Å²) in [4.78, 5) is 11.7. The Morgan fingerprint density at radius 2 is 2.18 bits per heavy atom. The SMILES string of the molecule is COC1CNC(C(=O)NCCCCCCO)C1. The van der Waals surface area contributed by atoms with Gasteiger partial charge in [0.1, 0.15) is 0 Å². The van der Waals surface area contributed by atoms with Crippen molar-refractivity contribution in [2.45, 2.75) is 44.2 Å². The molecule has 0 aromatic carbocycles. The fraction of sp³-hybridized carbons (Fsp3) is 0.917. The molecule has 0 saturated carbocycles. The van der Waals surface area contributed by atoms with Crippen LogP contribution in [-0.4, -0.2) is 50.0 Å². The van der Waals surface area contributed by atoms with E-state index >= 15 is 0 Å². The summed E-state index contributed by atoms with van der Waals surface area (Å²) >= 11 is 0. The number of hydrogen-bond acceptors (Lipinski definition) is 4. The van der Waals surface area contributed by atoms with Crippen LogP contribution in [0.5, 0.6) is 0 Å². The molecule has 0 spiro atoms. The van der Waals surface area contributed by atoms with Gasteiger partial charge in [0, 0.05) is 26.8 Å². The predicted octanol–water partition coefficient (Wildman–Crippen LogP) is 0.0322. The molecule has 1 heterocycles. The van der Waals surface area contributed by atoms with Gasteiger partial charge in [-0.25, -0.2) is 0 Å². The van der Waals surface area contributed by atoms with Gasteiger partial charge in [-0.15, -0.1) is 0 Å². The summed E-state index contributed by atoms with van der Waals surface area (Å²) in [5.41, 5.74) is 0. The van der Waals surface area contributed by atoms with Crippen molar-refractivity contribution in [1.82, 2.24) is 10.6 Å². The van der Waals surface area contributed by atoms with E-state index in [-0.39, 0.29) is 24.7 Å². The number of carbonyl (C=O) groups excluding carboxylic acids is 1. The Morgan fingerprint density at radius 3 is 2.82 bits per heavy atom. The summed E-state index contributed by atoms with van der Waals surface area (Å²) in [6.07, 6.45) is 4.84. The van der Waals surface area contributed by atoms with Gasteiger partial charge in [-0.2, -0.15) is 0 Å². The number of ether oxygens (including phenoxy) is 1. The van der Waals surface area contributed by atoms with Crippen LogP contribution in [-0.2, 0) is 9.53 Å². The van der Waals surface area contributed by atoms with Crippen molar-refractivity contribution in [3.05, 3.63) is 0 Å². The van der Waals surface area contributed by atoms with Crippen molar-refractivity contribution < 1.29 is 14.6 Å². The van der Waals surface area contributed by atoms with E-state index in [4.69, 9.17) is 9.84 Å². The van der Waals surface area contributed by atoms with Crippen molar-refractivity contribution in [3.63, 3.8) is 0 Å². The Balaban J connectivity index is 2.01. The van der Waals surface area contributed by atoms with Crippen LogP contribution in [0, 0.1) is 0 Å². The molecule has 2 unspecified atom stereocenters. The minimum Gasteiger partial charge on any atom is -0.396 e. The summed E-state index contributed by atoms with van der Waals surface area (Å²) in [6, 6.07) is -0.0996. The first-order valence-electron chi connectivity index (χ1n) is 6.42. The Morgan fingerprint density at radius 1 is 1.41 bits per heavy atom. The lowest BCUT2D eigenvalue weighted by Crippen LogP contribution is -2.40. The number of nitrogens with one attached hydrogen (secondary N) is 2. The molecular weight excluding hydrogens is 220 g/mol. The van der Waals surface area contributed by atoms with Crippen molar-refractivity contribution in [3.8, 4) is 0 Å². The first kappa shape index (κ1) is 14.4. The second kappa shape index (κ2) is 8.44. The van der Waals surface area contributed by atoms with Crippen LogP contribution in [0.15, 0.2) is 0 Å². The van der Waals surface area contributed by atoms with Crippen molar-refractivity contribution >= 4 is 5.91 Å². The molecule has 0 radical (unpaired) electrons. The maximum absolute atomic E-state index is 11.7. The van der Waals surface area contributed by atoms with Crippen LogP contribution in [0.2, 0.25) is 0 Å². The molecule has 1 rings (SSSR count). The van der Waals surface area contributed by atoms with Crippen LogP contribution < -0.4 is 10.6 Å². The zero-order valence-corrected chi connectivity index (χ0v) is 10.6. The van der Waals surface area contributed by atoms with E-state index < -0.39 is 0 Å². The van der Waals surface area contributed by atoms with Crippen LogP contribution in [0.25, 0.3) is 0 Å². The highest BCUT2D eigenvalue weighted by Crippen LogP contribution is 2.09. The standard InChI is InChI=1S/C12H24N2O3/c1-17-10-8-11(14-9-10)12(16)13-6-4-2-3-5-7-15/h10-11,14-15H,2-9H2,1H3,(H,13,16). The molecule has 0 aromatic rings. The number of hydrogen-bond donors (Lipinski definition) is 3. The predicted molar refractivity (Wildman–Crippen MR) is 65.8 cm³/mol. The van der Waals surface area contributed by atoms with Gasteiger partial charge in [0.15, 0.2) is 0 Å². The molecule has 1 aliphatic heterocycles. The van der Waals surface area contributed by atoms with Gasteiger partial charge in [-0.05, 0) is 19.3 Å². The number of unbranched alkanes of at least 4 members (excludes halogenated alkanes) is 3. The number of amides is 1. The first-order chi connectivity index (χ1) is 8.27. The summed E-state index contributed by atoms with van der Waals surface area (Å²) in [7, 11) is 1.67. The Hall–Kier alpha value is -0.650. The Kier molecular flexibility index (Phi) is 7.16. The van der Waals surface area contributed by atoms with Crippen LogP contribution >= 0.6 is 0 Å². The average molecular weight is 244 g/mol. The lowest BCUT2D eigenvalue weighted by Gasteiger charge is -2.11. The molecule has 3 N–H and O–H groups in total. The number of aliphatic hydroxyl groups is 1. The second-order valence-corrected chi connectivity index (χ2v) is 4.48. The van der Waals surface area contributed by atoms with Gasteiger partial charge < -0.3 is 20.5 Å². The number of rotatable bonds is 8. The van der Waals surface area contributed by atoms with Crippen molar-refractivity contribution in [1.29, 1.82) is 0 Å². The Bertz CT molecular complexity index is 224. The molecule has 5 nitrogen and oxygen atoms in total. The van der Waals surface area contributed by atoms with E-state index in [0.717, 1.165) is 45.2 Å².